The van der Waals surface area contributed by atoms with Crippen LogP contribution in [0.4, 0.5) is 5.69 Å². The van der Waals surface area contributed by atoms with Crippen LogP contribution in [0.1, 0.15) is 24.1 Å². The summed E-state index contributed by atoms with van der Waals surface area (Å²) in [5.41, 5.74) is 4.82. The molecule has 1 unspecified atom stereocenters. The van der Waals surface area contributed by atoms with Gasteiger partial charge in [-0.15, -0.1) is 0 Å². The maximum Gasteiger partial charge on any atom is 0.267 e. The molecule has 0 saturated carbocycles. The third-order valence-corrected chi connectivity index (χ3v) is 5.80. The second-order valence-corrected chi connectivity index (χ2v) is 8.02. The van der Waals surface area contributed by atoms with E-state index in [0.29, 0.717) is 18.8 Å². The zero-order chi connectivity index (χ0) is 22.0. The summed E-state index contributed by atoms with van der Waals surface area (Å²) in [5, 5.41) is 4.45. The summed E-state index contributed by atoms with van der Waals surface area (Å²) in [6, 6.07) is 12.6. The molecule has 2 aromatic heterocycles. The highest BCUT2D eigenvalue weighted by atomic mass is 16.2. The summed E-state index contributed by atoms with van der Waals surface area (Å²) >= 11 is 0. The molecule has 0 N–H and O–H groups in total. The normalized spacial score (nSPS) is 15.1. The van der Waals surface area contributed by atoms with Crippen LogP contribution >= 0.6 is 0 Å². The molecule has 4 rings (SSSR count). The first-order valence-electron chi connectivity index (χ1n) is 10.6. The number of benzene rings is 1. The van der Waals surface area contributed by atoms with Crippen molar-refractivity contribution in [2.24, 2.45) is 0 Å². The number of aromatic nitrogens is 3. The molecule has 0 spiro atoms. The van der Waals surface area contributed by atoms with Gasteiger partial charge in [-0.2, -0.15) is 5.10 Å². The van der Waals surface area contributed by atoms with Crippen LogP contribution in [0.25, 0.3) is 11.3 Å². The molecule has 0 aliphatic carbocycles. The Bertz CT molecular complexity index is 1130. The van der Waals surface area contributed by atoms with E-state index in [1.807, 2.05) is 17.0 Å². The predicted molar refractivity (Wildman–Crippen MR) is 121 cm³/mol. The molecule has 1 fully saturated rings. The molecule has 1 aromatic carbocycles. The monoisotopic (exact) mass is 417 g/mol. The van der Waals surface area contributed by atoms with Gasteiger partial charge in [-0.1, -0.05) is 12.1 Å². The Balaban J connectivity index is 1.48. The molecule has 1 aliphatic rings. The molecule has 1 saturated heterocycles. The molecular weight excluding hydrogens is 390 g/mol. The summed E-state index contributed by atoms with van der Waals surface area (Å²) in [5.74, 6) is -0.0847. The Morgan fingerprint density at radius 3 is 2.52 bits per heavy atom. The van der Waals surface area contributed by atoms with Gasteiger partial charge in [0.2, 0.25) is 5.91 Å². The molecule has 7 nitrogen and oxygen atoms in total. The number of carbonyl (C=O) groups is 1. The number of hydrogen-bond donors (Lipinski definition) is 0. The summed E-state index contributed by atoms with van der Waals surface area (Å²) in [4.78, 5) is 33.9. The van der Waals surface area contributed by atoms with Crippen LogP contribution in [-0.2, 0) is 4.79 Å². The molecule has 0 bridgehead atoms. The Hall–Kier alpha value is -3.48. The van der Waals surface area contributed by atoms with Crippen molar-refractivity contribution in [3.05, 3.63) is 76.3 Å². The summed E-state index contributed by atoms with van der Waals surface area (Å²) in [7, 11) is 0. The van der Waals surface area contributed by atoms with Gasteiger partial charge in [-0.05, 0) is 56.2 Å². The van der Waals surface area contributed by atoms with Crippen molar-refractivity contribution < 1.29 is 4.79 Å². The largest absolute Gasteiger partial charge is 0.368 e. The second-order valence-electron chi connectivity index (χ2n) is 8.02. The lowest BCUT2D eigenvalue weighted by Crippen LogP contribution is -2.51. The average molecular weight is 418 g/mol. The number of pyridine rings is 1. The van der Waals surface area contributed by atoms with Gasteiger partial charge in [0.15, 0.2) is 0 Å². The average Bonchev–Trinajstić information content (AvgIpc) is 2.81. The van der Waals surface area contributed by atoms with Crippen LogP contribution in [0.3, 0.4) is 0 Å². The minimum Gasteiger partial charge on any atom is -0.368 e. The van der Waals surface area contributed by atoms with Gasteiger partial charge >= 0.3 is 0 Å². The Morgan fingerprint density at radius 2 is 1.81 bits per heavy atom. The van der Waals surface area contributed by atoms with Gasteiger partial charge in [0.25, 0.3) is 5.56 Å². The first-order valence-corrected chi connectivity index (χ1v) is 10.6. The maximum atomic E-state index is 13.2. The fourth-order valence-corrected chi connectivity index (χ4v) is 3.97. The van der Waals surface area contributed by atoms with E-state index in [4.69, 9.17) is 0 Å². The molecule has 7 heteroatoms. The van der Waals surface area contributed by atoms with Crippen molar-refractivity contribution >= 4 is 11.6 Å². The van der Waals surface area contributed by atoms with E-state index in [0.717, 1.165) is 18.7 Å². The highest BCUT2D eigenvalue weighted by Gasteiger charge is 2.27. The van der Waals surface area contributed by atoms with Crippen LogP contribution < -0.4 is 10.5 Å². The summed E-state index contributed by atoms with van der Waals surface area (Å²) in [6.45, 7) is 8.71. The maximum absolute atomic E-state index is 13.2. The minimum absolute atomic E-state index is 0.0847. The van der Waals surface area contributed by atoms with Crippen molar-refractivity contribution in [2.45, 2.75) is 26.8 Å². The number of amides is 1. The standard InChI is InChI=1S/C24H27N5O2/c1-17-6-7-18(2)22(15-17)27-11-13-28(14-12-27)24(31)19(3)29-23(30)9-8-21(26-29)20-5-4-10-25-16-20/h4-10,15-16,19H,11-14H2,1-3H3. The molecule has 3 aromatic rings. The van der Waals surface area contributed by atoms with Crippen molar-refractivity contribution in [1.29, 1.82) is 0 Å². The quantitative estimate of drug-likeness (QED) is 0.653. The van der Waals surface area contributed by atoms with Gasteiger partial charge in [0.05, 0.1) is 5.69 Å². The molecule has 31 heavy (non-hydrogen) atoms. The molecule has 1 atom stereocenters. The van der Waals surface area contributed by atoms with Crippen LogP contribution in [0, 0.1) is 13.8 Å². The number of aryl methyl sites for hydroxylation is 2. The van der Waals surface area contributed by atoms with E-state index in [9.17, 15) is 9.59 Å². The third kappa shape index (κ3) is 4.35. The first kappa shape index (κ1) is 20.8. The number of rotatable bonds is 4. The Morgan fingerprint density at radius 1 is 1.03 bits per heavy atom. The Labute approximate surface area is 182 Å². The van der Waals surface area contributed by atoms with E-state index < -0.39 is 6.04 Å². The van der Waals surface area contributed by atoms with E-state index in [-0.39, 0.29) is 11.5 Å². The predicted octanol–water partition coefficient (Wildman–Crippen LogP) is 2.83. The molecular formula is C24H27N5O2. The zero-order valence-electron chi connectivity index (χ0n) is 18.2. The number of piperazine rings is 1. The lowest BCUT2D eigenvalue weighted by atomic mass is 10.1. The van der Waals surface area contributed by atoms with Gasteiger partial charge in [-0.25, -0.2) is 4.68 Å². The van der Waals surface area contributed by atoms with Crippen molar-refractivity contribution in [3.8, 4) is 11.3 Å². The SMILES string of the molecule is Cc1ccc(C)c(N2CCN(C(=O)C(C)n3nc(-c4cccnc4)ccc3=O)CC2)c1. The van der Waals surface area contributed by atoms with Crippen molar-refractivity contribution in [3.63, 3.8) is 0 Å². The number of anilines is 1. The third-order valence-electron chi connectivity index (χ3n) is 5.80. The van der Waals surface area contributed by atoms with Gasteiger partial charge in [0, 0.05) is 55.9 Å². The fraction of sp³-hybridized carbons (Fsp3) is 0.333. The van der Waals surface area contributed by atoms with E-state index in [1.54, 1.807) is 25.4 Å². The summed E-state index contributed by atoms with van der Waals surface area (Å²) < 4.78 is 1.28. The zero-order valence-corrected chi connectivity index (χ0v) is 18.2. The fourth-order valence-electron chi connectivity index (χ4n) is 3.97. The number of hydrogen-bond acceptors (Lipinski definition) is 5. The summed E-state index contributed by atoms with van der Waals surface area (Å²) in [6.07, 6.45) is 3.37. The van der Waals surface area contributed by atoms with Crippen molar-refractivity contribution in [2.75, 3.05) is 31.1 Å². The first-order chi connectivity index (χ1) is 14.9. The molecule has 3 heterocycles. The van der Waals surface area contributed by atoms with Crippen LogP contribution in [0.2, 0.25) is 0 Å². The van der Waals surface area contributed by atoms with Crippen LogP contribution in [-0.4, -0.2) is 51.8 Å². The number of carbonyl (C=O) groups excluding carboxylic acids is 1. The van der Waals surface area contributed by atoms with Gasteiger partial charge in [-0.3, -0.25) is 14.6 Å². The van der Waals surface area contributed by atoms with Crippen LogP contribution in [0.15, 0.2) is 59.7 Å². The topological polar surface area (TPSA) is 71.3 Å². The number of nitrogens with zero attached hydrogens (tertiary/aromatic N) is 5. The lowest BCUT2D eigenvalue weighted by Gasteiger charge is -2.38. The second kappa shape index (κ2) is 8.71. The smallest absolute Gasteiger partial charge is 0.267 e. The highest BCUT2D eigenvalue weighted by molar-refractivity contribution is 5.80. The highest BCUT2D eigenvalue weighted by Crippen LogP contribution is 2.23. The van der Waals surface area contributed by atoms with E-state index in [2.05, 4.69) is 47.0 Å². The lowest BCUT2D eigenvalue weighted by molar-refractivity contribution is -0.135. The Kier molecular flexibility index (Phi) is 5.84. The van der Waals surface area contributed by atoms with Gasteiger partial charge in [0.1, 0.15) is 6.04 Å². The molecule has 160 valence electrons. The van der Waals surface area contributed by atoms with Crippen molar-refractivity contribution in [1.82, 2.24) is 19.7 Å². The molecule has 1 amide bonds. The van der Waals surface area contributed by atoms with E-state index >= 15 is 0 Å². The van der Waals surface area contributed by atoms with Crippen LogP contribution in [0.5, 0.6) is 0 Å². The minimum atomic E-state index is -0.670. The molecule has 1 aliphatic heterocycles. The van der Waals surface area contributed by atoms with E-state index in [1.165, 1.54) is 27.6 Å². The molecule has 0 radical (unpaired) electrons. The van der Waals surface area contributed by atoms with Gasteiger partial charge < -0.3 is 9.80 Å².